The molecule has 0 amide bonds. The summed E-state index contributed by atoms with van der Waals surface area (Å²) in [5.41, 5.74) is 0.709. The van der Waals surface area contributed by atoms with E-state index in [-0.39, 0.29) is 10.0 Å². The Morgan fingerprint density at radius 1 is 1.44 bits per heavy atom. The molecule has 18 heavy (non-hydrogen) atoms. The van der Waals surface area contributed by atoms with Gasteiger partial charge in [-0.05, 0) is 12.1 Å². The molecule has 0 bridgehead atoms. The largest absolute Gasteiger partial charge is 0.465 e. The van der Waals surface area contributed by atoms with E-state index in [1.165, 1.54) is 7.11 Å². The number of ether oxygens (including phenoxy) is 1. The van der Waals surface area contributed by atoms with Crippen LogP contribution >= 0.6 is 50.5 Å². The highest BCUT2D eigenvalue weighted by molar-refractivity contribution is 9.10. The average Bonchev–Trinajstić information content (AvgIpc) is 2.70. The summed E-state index contributed by atoms with van der Waals surface area (Å²) in [5.74, 6) is -0.507. The summed E-state index contributed by atoms with van der Waals surface area (Å²) >= 11 is 16.6. The molecule has 0 N–H and O–H groups in total. The molecule has 2 rings (SSSR count). The third kappa shape index (κ3) is 2.54. The third-order valence-corrected chi connectivity index (χ3v) is 4.55. The molecule has 0 fully saturated rings. The SMILES string of the molecule is COC(=O)c1sc(-c2c(Cl)cccc2Br)nc1Cl. The molecular formula is C11H6BrCl2NO2S. The van der Waals surface area contributed by atoms with E-state index in [2.05, 4.69) is 25.7 Å². The number of nitrogens with zero attached hydrogens (tertiary/aromatic N) is 1. The van der Waals surface area contributed by atoms with Gasteiger partial charge in [-0.15, -0.1) is 11.3 Å². The molecule has 1 aromatic carbocycles. The van der Waals surface area contributed by atoms with Crippen molar-refractivity contribution in [1.29, 1.82) is 0 Å². The van der Waals surface area contributed by atoms with Crippen LogP contribution in [0.2, 0.25) is 10.2 Å². The summed E-state index contributed by atoms with van der Waals surface area (Å²) in [6, 6.07) is 5.40. The van der Waals surface area contributed by atoms with Gasteiger partial charge in [0, 0.05) is 10.0 Å². The van der Waals surface area contributed by atoms with E-state index < -0.39 is 5.97 Å². The van der Waals surface area contributed by atoms with Gasteiger partial charge in [0.1, 0.15) is 5.01 Å². The van der Waals surface area contributed by atoms with Gasteiger partial charge >= 0.3 is 5.97 Å². The van der Waals surface area contributed by atoms with Crippen molar-refractivity contribution in [2.24, 2.45) is 0 Å². The quantitative estimate of drug-likeness (QED) is 0.725. The molecular weight excluding hydrogens is 361 g/mol. The minimum atomic E-state index is -0.507. The Labute approximate surface area is 126 Å². The molecule has 0 atom stereocenters. The number of rotatable bonds is 2. The highest BCUT2D eigenvalue weighted by Crippen LogP contribution is 2.39. The number of carbonyl (C=O) groups excluding carboxylic acids is 1. The van der Waals surface area contributed by atoms with E-state index in [0.29, 0.717) is 15.6 Å². The maximum absolute atomic E-state index is 11.5. The second-order valence-electron chi connectivity index (χ2n) is 3.23. The van der Waals surface area contributed by atoms with Gasteiger partial charge in [-0.2, -0.15) is 0 Å². The molecule has 0 saturated heterocycles. The average molecular weight is 367 g/mol. The van der Waals surface area contributed by atoms with Gasteiger partial charge in [-0.3, -0.25) is 0 Å². The zero-order valence-corrected chi connectivity index (χ0v) is 13.0. The highest BCUT2D eigenvalue weighted by atomic mass is 79.9. The van der Waals surface area contributed by atoms with E-state index in [0.717, 1.165) is 15.8 Å². The van der Waals surface area contributed by atoms with Gasteiger partial charge in [-0.1, -0.05) is 45.2 Å². The van der Waals surface area contributed by atoms with E-state index in [1.54, 1.807) is 6.07 Å². The zero-order chi connectivity index (χ0) is 13.3. The Bertz CT molecular complexity index is 595. The second-order valence-corrected chi connectivity index (χ2v) is 5.85. The Morgan fingerprint density at radius 2 is 2.17 bits per heavy atom. The van der Waals surface area contributed by atoms with Crippen LogP contribution in [0.3, 0.4) is 0 Å². The van der Waals surface area contributed by atoms with Crippen molar-refractivity contribution in [1.82, 2.24) is 4.98 Å². The van der Waals surface area contributed by atoms with Gasteiger partial charge in [0.25, 0.3) is 0 Å². The lowest BCUT2D eigenvalue weighted by Gasteiger charge is -2.02. The smallest absolute Gasteiger partial charge is 0.351 e. The van der Waals surface area contributed by atoms with Crippen LogP contribution < -0.4 is 0 Å². The van der Waals surface area contributed by atoms with Crippen LogP contribution in [-0.4, -0.2) is 18.1 Å². The van der Waals surface area contributed by atoms with Crippen molar-refractivity contribution in [3.63, 3.8) is 0 Å². The van der Waals surface area contributed by atoms with Crippen molar-refractivity contribution < 1.29 is 9.53 Å². The predicted octanol–water partition coefficient (Wildman–Crippen LogP) is 4.67. The van der Waals surface area contributed by atoms with Crippen molar-refractivity contribution in [3.05, 3.63) is 37.7 Å². The first-order chi connectivity index (χ1) is 8.54. The number of thiazole rings is 1. The lowest BCUT2D eigenvalue weighted by atomic mass is 10.2. The monoisotopic (exact) mass is 365 g/mol. The van der Waals surface area contributed by atoms with Crippen LogP contribution in [-0.2, 0) is 4.74 Å². The third-order valence-electron chi connectivity index (χ3n) is 2.13. The van der Waals surface area contributed by atoms with Crippen molar-refractivity contribution in [2.45, 2.75) is 0 Å². The summed E-state index contributed by atoms with van der Waals surface area (Å²) in [5, 5.41) is 1.22. The number of esters is 1. The highest BCUT2D eigenvalue weighted by Gasteiger charge is 2.20. The molecule has 0 unspecified atom stereocenters. The topological polar surface area (TPSA) is 39.2 Å². The number of methoxy groups -OCH3 is 1. The molecule has 0 aliphatic heterocycles. The molecule has 7 heteroatoms. The molecule has 0 aliphatic carbocycles. The molecule has 0 aliphatic rings. The molecule has 94 valence electrons. The van der Waals surface area contributed by atoms with Crippen LogP contribution in [0.25, 0.3) is 10.6 Å². The molecule has 1 aromatic heterocycles. The Kier molecular flexibility index (Phi) is 4.27. The summed E-state index contributed by atoms with van der Waals surface area (Å²) in [6.45, 7) is 0. The molecule has 3 nitrogen and oxygen atoms in total. The fraction of sp³-hybridized carbons (Fsp3) is 0.0909. The van der Waals surface area contributed by atoms with Crippen LogP contribution in [0.1, 0.15) is 9.67 Å². The van der Waals surface area contributed by atoms with Crippen LogP contribution in [0.5, 0.6) is 0 Å². The fourth-order valence-corrected chi connectivity index (χ4v) is 3.72. The Balaban J connectivity index is 2.56. The van der Waals surface area contributed by atoms with Gasteiger partial charge in [0.15, 0.2) is 10.0 Å². The summed E-state index contributed by atoms with van der Waals surface area (Å²) in [6.07, 6.45) is 0. The van der Waals surface area contributed by atoms with Crippen molar-refractivity contribution in [2.75, 3.05) is 7.11 Å². The number of halogens is 3. The maximum Gasteiger partial charge on any atom is 0.351 e. The number of hydrogen-bond donors (Lipinski definition) is 0. The van der Waals surface area contributed by atoms with Gasteiger partial charge in [0.2, 0.25) is 0 Å². The van der Waals surface area contributed by atoms with E-state index in [9.17, 15) is 4.79 Å². The predicted molar refractivity (Wildman–Crippen MR) is 76.6 cm³/mol. The normalized spacial score (nSPS) is 10.4. The first kappa shape index (κ1) is 13.8. The Morgan fingerprint density at radius 3 is 2.78 bits per heavy atom. The summed E-state index contributed by atoms with van der Waals surface area (Å²) < 4.78 is 5.42. The molecule has 2 aromatic rings. The molecule has 0 spiro atoms. The number of aromatic nitrogens is 1. The van der Waals surface area contributed by atoms with E-state index >= 15 is 0 Å². The van der Waals surface area contributed by atoms with Gasteiger partial charge in [-0.25, -0.2) is 9.78 Å². The van der Waals surface area contributed by atoms with E-state index in [1.807, 2.05) is 12.1 Å². The maximum atomic E-state index is 11.5. The Hall–Kier alpha value is -0.620. The second kappa shape index (κ2) is 5.57. The summed E-state index contributed by atoms with van der Waals surface area (Å²) in [7, 11) is 1.30. The lowest BCUT2D eigenvalue weighted by Crippen LogP contribution is -1.98. The molecule has 0 saturated carbocycles. The van der Waals surface area contributed by atoms with Crippen molar-refractivity contribution >= 4 is 56.4 Å². The van der Waals surface area contributed by atoms with E-state index in [4.69, 9.17) is 23.2 Å². The minimum absolute atomic E-state index is 0.119. The summed E-state index contributed by atoms with van der Waals surface area (Å²) in [4.78, 5) is 15.9. The van der Waals surface area contributed by atoms with Crippen molar-refractivity contribution in [3.8, 4) is 10.6 Å². The molecule has 1 heterocycles. The number of carbonyl (C=O) groups is 1. The lowest BCUT2D eigenvalue weighted by molar-refractivity contribution is 0.0606. The minimum Gasteiger partial charge on any atom is -0.465 e. The van der Waals surface area contributed by atoms with Crippen LogP contribution in [0, 0.1) is 0 Å². The first-order valence-corrected chi connectivity index (χ1v) is 7.10. The first-order valence-electron chi connectivity index (χ1n) is 4.73. The standard InChI is InChI=1S/C11H6BrCl2NO2S/c1-17-11(16)8-9(14)15-10(18-8)7-5(12)3-2-4-6(7)13/h2-4H,1H3. The van der Waals surface area contributed by atoms with Crippen LogP contribution in [0.15, 0.2) is 22.7 Å². The van der Waals surface area contributed by atoms with Gasteiger partial charge < -0.3 is 4.74 Å². The molecule has 0 radical (unpaired) electrons. The fourth-order valence-electron chi connectivity index (χ4n) is 1.33. The number of benzene rings is 1. The van der Waals surface area contributed by atoms with Gasteiger partial charge in [0.05, 0.1) is 12.1 Å². The zero-order valence-electron chi connectivity index (χ0n) is 9.04. The number of hydrogen-bond acceptors (Lipinski definition) is 4. The van der Waals surface area contributed by atoms with Crippen LogP contribution in [0.4, 0.5) is 0 Å².